The van der Waals surface area contributed by atoms with Crippen molar-refractivity contribution in [3.63, 3.8) is 0 Å². The van der Waals surface area contributed by atoms with Crippen molar-refractivity contribution in [2.24, 2.45) is 0 Å². The van der Waals surface area contributed by atoms with Crippen LogP contribution in [-0.2, 0) is 16.0 Å². The molecule has 0 fully saturated rings. The molecule has 0 aliphatic carbocycles. The van der Waals surface area contributed by atoms with E-state index in [1.165, 1.54) is 10.4 Å². The van der Waals surface area contributed by atoms with E-state index in [2.05, 4.69) is 18.4 Å². The average Bonchev–Trinajstić information content (AvgIpc) is 3.10. The largest absolute Gasteiger partial charge is 0.335 e. The first-order valence-corrected chi connectivity index (χ1v) is 10.4. The highest BCUT2D eigenvalue weighted by Crippen LogP contribution is 2.36. The van der Waals surface area contributed by atoms with Crippen LogP contribution in [0.3, 0.4) is 0 Å². The molecule has 4 nitrogen and oxygen atoms in total. The Hall–Kier alpha value is -1.79. The maximum Gasteiger partial charge on any atom is 0.237 e. The van der Waals surface area contributed by atoms with Crippen LogP contribution in [0.5, 0.6) is 0 Å². The Morgan fingerprint density at radius 1 is 1.28 bits per heavy atom. The van der Waals surface area contributed by atoms with Crippen LogP contribution in [0.1, 0.15) is 29.8 Å². The Bertz CT molecular complexity index is 817. The van der Waals surface area contributed by atoms with Crippen LogP contribution in [0.25, 0.3) is 0 Å². The number of carbonyl (C=O) groups excluding carboxylic acids is 2. The van der Waals surface area contributed by atoms with Crippen LogP contribution in [0, 0.1) is 0 Å². The van der Waals surface area contributed by atoms with Gasteiger partial charge in [-0.1, -0.05) is 12.1 Å². The Balaban J connectivity index is 1.45. The summed E-state index contributed by atoms with van der Waals surface area (Å²) in [5.74, 6) is 0.667. The summed E-state index contributed by atoms with van der Waals surface area (Å²) >= 11 is 3.35. The van der Waals surface area contributed by atoms with E-state index in [-0.39, 0.29) is 17.9 Å². The quantitative estimate of drug-likeness (QED) is 0.824. The van der Waals surface area contributed by atoms with E-state index in [1.807, 2.05) is 29.2 Å². The number of fused-ring (bicyclic) bond motifs is 2. The number of amides is 2. The summed E-state index contributed by atoms with van der Waals surface area (Å²) in [5, 5.41) is 2.11. The number of benzene rings is 1. The predicted molar refractivity (Wildman–Crippen MR) is 102 cm³/mol. The predicted octanol–water partition coefficient (Wildman–Crippen LogP) is 3.72. The summed E-state index contributed by atoms with van der Waals surface area (Å²) in [5.41, 5.74) is 2.21. The fourth-order valence-electron chi connectivity index (χ4n) is 3.60. The number of thiophene rings is 1. The van der Waals surface area contributed by atoms with E-state index >= 15 is 0 Å². The minimum Gasteiger partial charge on any atom is -0.335 e. The first-order chi connectivity index (χ1) is 12.1. The normalized spacial score (nSPS) is 19.6. The van der Waals surface area contributed by atoms with Crippen LogP contribution in [0.15, 0.2) is 40.6 Å². The van der Waals surface area contributed by atoms with Crippen molar-refractivity contribution in [3.05, 3.63) is 46.2 Å². The van der Waals surface area contributed by atoms with E-state index in [1.54, 1.807) is 28.0 Å². The van der Waals surface area contributed by atoms with Crippen molar-refractivity contribution in [2.45, 2.75) is 30.7 Å². The van der Waals surface area contributed by atoms with Gasteiger partial charge in [-0.15, -0.1) is 23.1 Å². The molecule has 2 aromatic rings. The lowest BCUT2D eigenvalue weighted by Crippen LogP contribution is -2.42. The van der Waals surface area contributed by atoms with Crippen molar-refractivity contribution in [1.29, 1.82) is 0 Å². The van der Waals surface area contributed by atoms with Crippen molar-refractivity contribution in [1.82, 2.24) is 4.90 Å². The van der Waals surface area contributed by atoms with E-state index in [0.717, 1.165) is 23.5 Å². The van der Waals surface area contributed by atoms with Gasteiger partial charge >= 0.3 is 0 Å². The monoisotopic (exact) mass is 372 g/mol. The molecule has 1 aromatic heterocycles. The number of thioether (sulfide) groups is 1. The maximum atomic E-state index is 12.8. The number of carbonyl (C=O) groups is 2. The second-order valence-electron chi connectivity index (χ2n) is 6.36. The Labute approximate surface area is 155 Å². The standard InChI is InChI=1S/C19H20N2O2S2/c1-13-14-8-11-24-16(14)6-9-20(13)18(22)7-10-21-15-4-2-3-5-17(15)25-12-19(21)23/h2-5,8,11,13H,6-7,9-10,12H2,1H3/t13-/m1/s1. The molecule has 0 spiro atoms. The zero-order valence-electron chi connectivity index (χ0n) is 14.1. The van der Waals surface area contributed by atoms with Crippen LogP contribution in [0.2, 0.25) is 0 Å². The number of hydrogen-bond acceptors (Lipinski definition) is 4. The summed E-state index contributed by atoms with van der Waals surface area (Å²) in [6.45, 7) is 3.32. The van der Waals surface area contributed by atoms with Crippen molar-refractivity contribution in [3.8, 4) is 0 Å². The van der Waals surface area contributed by atoms with Gasteiger partial charge < -0.3 is 9.80 Å². The van der Waals surface area contributed by atoms with Gasteiger partial charge in [0.2, 0.25) is 11.8 Å². The molecule has 6 heteroatoms. The molecular formula is C19H20N2O2S2. The summed E-state index contributed by atoms with van der Waals surface area (Å²) < 4.78 is 0. The van der Waals surface area contributed by atoms with E-state index < -0.39 is 0 Å². The first-order valence-electron chi connectivity index (χ1n) is 8.53. The molecule has 2 amide bonds. The van der Waals surface area contributed by atoms with Crippen LogP contribution in [-0.4, -0.2) is 35.6 Å². The Morgan fingerprint density at radius 2 is 2.12 bits per heavy atom. The average molecular weight is 373 g/mol. The van der Waals surface area contributed by atoms with Crippen molar-refractivity contribution < 1.29 is 9.59 Å². The molecule has 1 atom stereocenters. The molecule has 130 valence electrons. The lowest BCUT2D eigenvalue weighted by Gasteiger charge is -2.35. The zero-order chi connectivity index (χ0) is 17.4. The summed E-state index contributed by atoms with van der Waals surface area (Å²) in [4.78, 5) is 31.4. The van der Waals surface area contributed by atoms with E-state index in [0.29, 0.717) is 18.7 Å². The summed E-state index contributed by atoms with van der Waals surface area (Å²) in [6, 6.07) is 10.2. The van der Waals surface area contributed by atoms with Gasteiger partial charge in [-0.3, -0.25) is 9.59 Å². The lowest BCUT2D eigenvalue weighted by atomic mass is 10.0. The van der Waals surface area contributed by atoms with E-state index in [9.17, 15) is 9.59 Å². The van der Waals surface area contributed by atoms with Gasteiger partial charge in [0.05, 0.1) is 17.5 Å². The van der Waals surface area contributed by atoms with Crippen molar-refractivity contribution >= 4 is 40.6 Å². The third-order valence-corrected chi connectivity index (χ3v) is 7.00. The maximum absolute atomic E-state index is 12.8. The SMILES string of the molecule is C[C@@H]1c2ccsc2CCN1C(=O)CCN1C(=O)CSc2ccccc21. The highest BCUT2D eigenvalue weighted by molar-refractivity contribution is 8.00. The number of rotatable bonds is 3. The van der Waals surface area contributed by atoms with Gasteiger partial charge in [-0.05, 0) is 42.5 Å². The fourth-order valence-corrected chi connectivity index (χ4v) is 5.50. The van der Waals surface area contributed by atoms with Gasteiger partial charge in [0, 0.05) is 29.3 Å². The van der Waals surface area contributed by atoms with Crippen LogP contribution >= 0.6 is 23.1 Å². The number of hydrogen-bond donors (Lipinski definition) is 0. The zero-order valence-corrected chi connectivity index (χ0v) is 15.7. The number of nitrogens with zero attached hydrogens (tertiary/aromatic N) is 2. The summed E-state index contributed by atoms with van der Waals surface area (Å²) in [6.07, 6.45) is 1.31. The second-order valence-corrected chi connectivity index (χ2v) is 8.38. The van der Waals surface area contributed by atoms with Gasteiger partial charge in [0.25, 0.3) is 0 Å². The van der Waals surface area contributed by atoms with E-state index in [4.69, 9.17) is 0 Å². The molecule has 2 aliphatic rings. The van der Waals surface area contributed by atoms with Crippen LogP contribution in [0.4, 0.5) is 5.69 Å². The Kier molecular flexibility index (Phi) is 4.56. The molecule has 0 unspecified atom stereocenters. The molecule has 1 aromatic carbocycles. The molecule has 0 saturated carbocycles. The summed E-state index contributed by atoms with van der Waals surface area (Å²) in [7, 11) is 0. The topological polar surface area (TPSA) is 40.6 Å². The highest BCUT2D eigenvalue weighted by Gasteiger charge is 2.30. The Morgan fingerprint density at radius 3 is 3.00 bits per heavy atom. The minimum absolute atomic E-state index is 0.0864. The third-order valence-electron chi connectivity index (χ3n) is 4.96. The van der Waals surface area contributed by atoms with Gasteiger partial charge in [0.15, 0.2) is 0 Å². The minimum atomic E-state index is 0.0864. The molecule has 3 heterocycles. The molecule has 4 rings (SSSR count). The smallest absolute Gasteiger partial charge is 0.237 e. The van der Waals surface area contributed by atoms with Crippen molar-refractivity contribution in [2.75, 3.05) is 23.7 Å². The first kappa shape index (κ1) is 16.7. The van der Waals surface area contributed by atoms with Gasteiger partial charge in [-0.2, -0.15) is 0 Å². The molecule has 2 aliphatic heterocycles. The molecular weight excluding hydrogens is 352 g/mol. The van der Waals surface area contributed by atoms with Gasteiger partial charge in [-0.25, -0.2) is 0 Å². The molecule has 0 saturated heterocycles. The fraction of sp³-hybridized carbons (Fsp3) is 0.368. The third kappa shape index (κ3) is 3.09. The molecule has 25 heavy (non-hydrogen) atoms. The van der Waals surface area contributed by atoms with Crippen LogP contribution < -0.4 is 4.90 Å². The molecule has 0 bridgehead atoms. The molecule has 0 radical (unpaired) electrons. The number of anilines is 1. The molecule has 0 N–H and O–H groups in total. The second kappa shape index (κ2) is 6.84. The highest BCUT2D eigenvalue weighted by atomic mass is 32.2. The lowest BCUT2D eigenvalue weighted by molar-refractivity contribution is -0.133. The number of para-hydroxylation sites is 1. The van der Waals surface area contributed by atoms with Gasteiger partial charge in [0.1, 0.15) is 0 Å².